The summed E-state index contributed by atoms with van der Waals surface area (Å²) < 4.78 is 0. The van der Waals surface area contributed by atoms with E-state index in [0.29, 0.717) is 11.4 Å². The molecule has 0 aliphatic rings. The molecule has 1 unspecified atom stereocenters. The number of carboxylic acids is 1. The second kappa shape index (κ2) is 7.59. The number of nitrogens with one attached hydrogen (secondary N) is 2. The topological polar surface area (TPSA) is 125 Å². The molecule has 1 atom stereocenters. The Bertz CT molecular complexity index is 447. The summed E-state index contributed by atoms with van der Waals surface area (Å²) in [7, 11) is 0. The van der Waals surface area contributed by atoms with Gasteiger partial charge in [0.15, 0.2) is 0 Å². The number of hydrogen-bond donors (Lipinski definition) is 4. The fraction of sp³-hybridized carbons (Fsp3) is 0.364. The summed E-state index contributed by atoms with van der Waals surface area (Å²) >= 11 is 1.23. The van der Waals surface area contributed by atoms with Gasteiger partial charge < -0.3 is 15.8 Å². The predicted octanol–water partition coefficient (Wildman–Crippen LogP) is -0.194. The van der Waals surface area contributed by atoms with Gasteiger partial charge in [-0.25, -0.2) is 0 Å². The van der Waals surface area contributed by atoms with Gasteiger partial charge in [-0.05, 0) is 24.3 Å². The molecule has 19 heavy (non-hydrogen) atoms. The monoisotopic (exact) mass is 285 g/mol. The number of imide groups is 1. The van der Waals surface area contributed by atoms with Crippen LogP contribution in [0.15, 0.2) is 18.3 Å². The molecule has 7 nitrogen and oxygen atoms in total. The number of amides is 2. The lowest BCUT2D eigenvalue weighted by molar-refractivity contribution is -0.138. The maximum absolute atomic E-state index is 11.5. The van der Waals surface area contributed by atoms with Gasteiger partial charge in [0.1, 0.15) is 11.7 Å². The van der Waals surface area contributed by atoms with E-state index in [-0.39, 0.29) is 12.2 Å². The number of aromatic nitrogens is 1. The van der Waals surface area contributed by atoms with Crippen molar-refractivity contribution in [1.82, 2.24) is 10.3 Å². The highest BCUT2D eigenvalue weighted by molar-refractivity contribution is 7.99. The smallest absolute Gasteiger partial charge is 0.320 e. The zero-order valence-electron chi connectivity index (χ0n) is 10.1. The highest BCUT2D eigenvalue weighted by Crippen LogP contribution is 2.04. The molecule has 8 heteroatoms. The van der Waals surface area contributed by atoms with Gasteiger partial charge in [-0.2, -0.15) is 11.8 Å². The van der Waals surface area contributed by atoms with E-state index in [0.717, 1.165) is 0 Å². The lowest BCUT2D eigenvalue weighted by Crippen LogP contribution is -2.33. The number of rotatable bonds is 7. The summed E-state index contributed by atoms with van der Waals surface area (Å²) in [5.41, 5.74) is 5.62. The van der Waals surface area contributed by atoms with Crippen molar-refractivity contribution >= 4 is 29.5 Å². The Hall–Kier alpha value is -1.80. The van der Waals surface area contributed by atoms with Gasteiger partial charge in [0, 0.05) is 6.20 Å². The molecule has 5 N–H and O–H groups in total. The number of nitrogens with two attached hydrogens (primary N) is 1. The Labute approximate surface area is 113 Å². The summed E-state index contributed by atoms with van der Waals surface area (Å²) in [6.07, 6.45) is 1.86. The van der Waals surface area contributed by atoms with Crippen LogP contribution in [0.3, 0.4) is 0 Å². The van der Waals surface area contributed by atoms with Crippen LogP contribution in [0.1, 0.15) is 16.9 Å². The maximum atomic E-state index is 11.5. The largest absolute Gasteiger partial charge is 0.480 e. The predicted molar refractivity (Wildman–Crippen MR) is 70.8 cm³/mol. The van der Waals surface area contributed by atoms with E-state index >= 15 is 0 Å². The molecule has 1 aromatic rings. The average molecular weight is 285 g/mol. The summed E-state index contributed by atoms with van der Waals surface area (Å²) in [5, 5.41) is 10.8. The second-order valence-corrected chi connectivity index (χ2v) is 4.85. The van der Waals surface area contributed by atoms with Crippen molar-refractivity contribution in [2.75, 3.05) is 11.5 Å². The van der Waals surface area contributed by atoms with Crippen molar-refractivity contribution < 1.29 is 19.5 Å². The van der Waals surface area contributed by atoms with Gasteiger partial charge in [-0.1, -0.05) is 0 Å². The van der Waals surface area contributed by atoms with Gasteiger partial charge in [0.2, 0.25) is 5.91 Å². The number of aliphatic carboxylic acids is 1. The molecule has 0 spiro atoms. The minimum Gasteiger partial charge on any atom is -0.480 e. The minimum absolute atomic E-state index is 0.0821. The number of thioether (sulfide) groups is 1. The average Bonchev–Trinajstić information content (AvgIpc) is 2.87. The van der Waals surface area contributed by atoms with E-state index in [9.17, 15) is 14.4 Å². The zero-order valence-corrected chi connectivity index (χ0v) is 10.9. The fourth-order valence-electron chi connectivity index (χ4n) is 1.20. The van der Waals surface area contributed by atoms with Gasteiger partial charge in [-0.15, -0.1) is 0 Å². The molecule has 2 amide bonds. The summed E-state index contributed by atoms with van der Waals surface area (Å²) in [5.74, 6) is -1.45. The maximum Gasteiger partial charge on any atom is 0.320 e. The molecule has 0 aliphatic heterocycles. The molecule has 0 fully saturated rings. The van der Waals surface area contributed by atoms with E-state index in [1.54, 1.807) is 18.3 Å². The first-order valence-electron chi connectivity index (χ1n) is 5.54. The Morgan fingerprint density at radius 1 is 1.47 bits per heavy atom. The molecular weight excluding hydrogens is 270 g/mol. The van der Waals surface area contributed by atoms with Crippen LogP contribution in [0.2, 0.25) is 0 Å². The summed E-state index contributed by atoms with van der Waals surface area (Å²) in [6.45, 7) is 0. The van der Waals surface area contributed by atoms with Gasteiger partial charge >= 0.3 is 5.97 Å². The SMILES string of the molecule is NC(CCSCC(=O)NC(=O)c1ccc[nH]1)C(=O)O. The van der Waals surface area contributed by atoms with E-state index < -0.39 is 23.8 Å². The molecule has 0 saturated carbocycles. The van der Waals surface area contributed by atoms with Crippen molar-refractivity contribution in [2.24, 2.45) is 5.73 Å². The zero-order chi connectivity index (χ0) is 14.3. The van der Waals surface area contributed by atoms with Crippen molar-refractivity contribution in [3.8, 4) is 0 Å². The van der Waals surface area contributed by atoms with Crippen LogP contribution >= 0.6 is 11.8 Å². The van der Waals surface area contributed by atoms with Crippen molar-refractivity contribution in [3.05, 3.63) is 24.0 Å². The Kier molecular flexibility index (Phi) is 6.10. The molecule has 1 heterocycles. The minimum atomic E-state index is -1.06. The first-order valence-corrected chi connectivity index (χ1v) is 6.70. The van der Waals surface area contributed by atoms with E-state index in [1.807, 2.05) is 0 Å². The van der Waals surface area contributed by atoms with Crippen LogP contribution in [0.4, 0.5) is 0 Å². The van der Waals surface area contributed by atoms with Gasteiger partial charge in [0.05, 0.1) is 5.75 Å². The molecule has 0 aliphatic carbocycles. The molecular formula is C11H15N3O4S. The second-order valence-electron chi connectivity index (χ2n) is 3.75. The third-order valence-electron chi connectivity index (χ3n) is 2.22. The van der Waals surface area contributed by atoms with Crippen LogP contribution in [0.25, 0.3) is 0 Å². The number of hydrogen-bond acceptors (Lipinski definition) is 5. The Morgan fingerprint density at radius 3 is 2.79 bits per heavy atom. The summed E-state index contributed by atoms with van der Waals surface area (Å²) in [6, 6.07) is 2.29. The molecule has 104 valence electrons. The standard InChI is InChI=1S/C11H15N3O4S/c12-7(11(17)18)3-5-19-6-9(15)14-10(16)8-2-1-4-13-8/h1-2,4,7,13H,3,5-6,12H2,(H,17,18)(H,14,15,16). The quantitative estimate of drug-likeness (QED) is 0.514. The van der Waals surface area contributed by atoms with Crippen LogP contribution in [-0.4, -0.2) is 45.4 Å². The third kappa shape index (κ3) is 5.58. The first kappa shape index (κ1) is 15.3. The number of carbonyl (C=O) groups excluding carboxylic acids is 2. The molecule has 0 bridgehead atoms. The van der Waals surface area contributed by atoms with Gasteiger partial charge in [-0.3, -0.25) is 19.7 Å². The highest BCUT2D eigenvalue weighted by atomic mass is 32.2. The molecule has 0 aromatic carbocycles. The van der Waals surface area contributed by atoms with Crippen LogP contribution in [-0.2, 0) is 9.59 Å². The molecule has 1 aromatic heterocycles. The number of aromatic amines is 1. The summed E-state index contributed by atoms with van der Waals surface area (Å²) in [4.78, 5) is 36.0. The lowest BCUT2D eigenvalue weighted by Gasteiger charge is -2.05. The van der Waals surface area contributed by atoms with Gasteiger partial charge in [0.25, 0.3) is 5.91 Å². The van der Waals surface area contributed by atoms with Crippen LogP contribution in [0, 0.1) is 0 Å². The number of H-pyrrole nitrogens is 1. The van der Waals surface area contributed by atoms with Crippen molar-refractivity contribution in [3.63, 3.8) is 0 Å². The van der Waals surface area contributed by atoms with E-state index in [1.165, 1.54) is 11.8 Å². The van der Waals surface area contributed by atoms with E-state index in [2.05, 4.69) is 10.3 Å². The first-order chi connectivity index (χ1) is 9.00. The number of carbonyl (C=O) groups is 3. The van der Waals surface area contributed by atoms with Crippen molar-refractivity contribution in [1.29, 1.82) is 0 Å². The Morgan fingerprint density at radius 2 is 2.21 bits per heavy atom. The molecule has 0 saturated heterocycles. The van der Waals surface area contributed by atoms with E-state index in [4.69, 9.17) is 10.8 Å². The number of carboxylic acid groups (broad SMARTS) is 1. The third-order valence-corrected chi connectivity index (χ3v) is 3.21. The van der Waals surface area contributed by atoms with Crippen LogP contribution in [0.5, 0.6) is 0 Å². The Balaban J connectivity index is 2.18. The highest BCUT2D eigenvalue weighted by Gasteiger charge is 2.13. The normalized spacial score (nSPS) is 11.8. The molecule has 0 radical (unpaired) electrons. The van der Waals surface area contributed by atoms with Crippen LogP contribution < -0.4 is 11.1 Å². The lowest BCUT2D eigenvalue weighted by atomic mass is 10.2. The van der Waals surface area contributed by atoms with Crippen molar-refractivity contribution in [2.45, 2.75) is 12.5 Å². The fourth-order valence-corrected chi connectivity index (χ4v) is 2.02. The molecule has 1 rings (SSSR count).